The summed E-state index contributed by atoms with van der Waals surface area (Å²) in [6, 6.07) is 20.8. The number of para-hydroxylation sites is 1. The third-order valence-corrected chi connectivity index (χ3v) is 6.33. The van der Waals surface area contributed by atoms with E-state index in [9.17, 15) is 5.26 Å². The first-order valence-electron chi connectivity index (χ1n) is 9.54. The van der Waals surface area contributed by atoms with Gasteiger partial charge in [0.2, 0.25) is 0 Å². The molecule has 4 heteroatoms. The predicted octanol–water partition coefficient (Wildman–Crippen LogP) is 6.39. The first kappa shape index (κ1) is 16.6. The number of nitrogens with zero attached hydrogens (tertiary/aromatic N) is 2. The lowest BCUT2D eigenvalue weighted by molar-refractivity contribution is 0.271. The van der Waals surface area contributed by atoms with Gasteiger partial charge in [0.15, 0.2) is 0 Å². The smallest absolute Gasteiger partial charge is 0.134 e. The highest BCUT2D eigenvalue weighted by molar-refractivity contribution is 9.10. The maximum atomic E-state index is 9.76. The standard InChI is InChI=1S/C25H15BrN2O/c26-16-9-11-20(15(13-16)14-27)28-21-7-3-1-6-19(21)24-22(28)12-10-18-17-5-2-4-8-23(17)29-25(18)24/h1-13,17,23H. The summed E-state index contributed by atoms with van der Waals surface area (Å²) in [5.74, 6) is 1.21. The third-order valence-electron chi connectivity index (χ3n) is 5.84. The van der Waals surface area contributed by atoms with Crippen molar-refractivity contribution in [1.82, 2.24) is 4.57 Å². The summed E-state index contributed by atoms with van der Waals surface area (Å²) in [4.78, 5) is 0. The molecule has 0 N–H and O–H groups in total. The van der Waals surface area contributed by atoms with Gasteiger partial charge in [-0.15, -0.1) is 0 Å². The van der Waals surface area contributed by atoms with Crippen molar-refractivity contribution in [3.8, 4) is 17.5 Å². The van der Waals surface area contributed by atoms with E-state index in [-0.39, 0.29) is 12.0 Å². The van der Waals surface area contributed by atoms with E-state index in [1.165, 1.54) is 5.56 Å². The molecule has 0 bridgehead atoms. The Morgan fingerprint density at radius 1 is 0.966 bits per heavy atom. The number of rotatable bonds is 1. The Hall–Kier alpha value is -3.29. The zero-order valence-corrected chi connectivity index (χ0v) is 16.9. The number of aromatic nitrogens is 1. The molecule has 3 nitrogen and oxygen atoms in total. The average Bonchev–Trinajstić information content (AvgIpc) is 3.29. The number of hydrogen-bond acceptors (Lipinski definition) is 2. The number of hydrogen-bond donors (Lipinski definition) is 0. The van der Waals surface area contributed by atoms with E-state index >= 15 is 0 Å². The minimum Gasteiger partial charge on any atom is -0.484 e. The van der Waals surface area contributed by atoms with Gasteiger partial charge in [0.1, 0.15) is 17.9 Å². The molecule has 2 atom stereocenters. The van der Waals surface area contributed by atoms with Gasteiger partial charge in [-0.3, -0.25) is 0 Å². The molecule has 0 radical (unpaired) electrons. The topological polar surface area (TPSA) is 38.0 Å². The van der Waals surface area contributed by atoms with E-state index in [0.717, 1.165) is 37.7 Å². The highest BCUT2D eigenvalue weighted by Crippen LogP contribution is 2.48. The number of fused-ring (bicyclic) bond motifs is 7. The largest absolute Gasteiger partial charge is 0.484 e. The molecule has 0 saturated heterocycles. The second-order valence-electron chi connectivity index (χ2n) is 7.38. The molecule has 0 amide bonds. The minimum absolute atomic E-state index is 0.0464. The van der Waals surface area contributed by atoms with Crippen LogP contribution in [0.15, 0.2) is 83.4 Å². The quantitative estimate of drug-likeness (QED) is 0.345. The normalized spacial score (nSPS) is 19.2. The summed E-state index contributed by atoms with van der Waals surface area (Å²) in [5, 5.41) is 12.0. The fourth-order valence-corrected chi connectivity index (χ4v) is 4.96. The van der Waals surface area contributed by atoms with E-state index in [2.05, 4.69) is 81.2 Å². The van der Waals surface area contributed by atoms with Gasteiger partial charge in [0, 0.05) is 21.3 Å². The highest BCUT2D eigenvalue weighted by Gasteiger charge is 2.34. The Labute approximate surface area is 176 Å². The van der Waals surface area contributed by atoms with Crippen LogP contribution in [-0.4, -0.2) is 10.7 Å². The monoisotopic (exact) mass is 438 g/mol. The molecule has 1 aliphatic carbocycles. The summed E-state index contributed by atoms with van der Waals surface area (Å²) in [5.41, 5.74) is 4.84. The van der Waals surface area contributed by atoms with Gasteiger partial charge in [-0.2, -0.15) is 5.26 Å². The molecule has 0 saturated carbocycles. The van der Waals surface area contributed by atoms with Crippen molar-refractivity contribution in [2.24, 2.45) is 0 Å². The van der Waals surface area contributed by atoms with Gasteiger partial charge in [0.05, 0.1) is 27.7 Å². The van der Waals surface area contributed by atoms with Crippen LogP contribution in [0.4, 0.5) is 0 Å². The van der Waals surface area contributed by atoms with E-state index in [1.54, 1.807) is 0 Å². The van der Waals surface area contributed by atoms with Gasteiger partial charge in [-0.05, 0) is 36.4 Å². The van der Waals surface area contributed by atoms with Gasteiger partial charge < -0.3 is 9.30 Å². The van der Waals surface area contributed by atoms with Gasteiger partial charge in [-0.25, -0.2) is 0 Å². The summed E-state index contributed by atoms with van der Waals surface area (Å²) < 4.78 is 9.50. The molecule has 1 aliphatic heterocycles. The van der Waals surface area contributed by atoms with Gasteiger partial charge >= 0.3 is 0 Å². The lowest BCUT2D eigenvalue weighted by Gasteiger charge is -2.13. The molecule has 2 unspecified atom stereocenters. The van der Waals surface area contributed by atoms with Crippen LogP contribution in [0.5, 0.6) is 5.75 Å². The molecular formula is C25H15BrN2O. The average molecular weight is 439 g/mol. The van der Waals surface area contributed by atoms with E-state index in [4.69, 9.17) is 4.74 Å². The van der Waals surface area contributed by atoms with Gasteiger partial charge in [-0.1, -0.05) is 58.4 Å². The zero-order chi connectivity index (χ0) is 19.5. The van der Waals surface area contributed by atoms with Crippen LogP contribution in [0.2, 0.25) is 0 Å². The Balaban J connectivity index is 1.73. The summed E-state index contributed by atoms with van der Waals surface area (Å²) in [6.45, 7) is 0. The number of halogens is 1. The van der Waals surface area contributed by atoms with Crippen LogP contribution >= 0.6 is 15.9 Å². The maximum Gasteiger partial charge on any atom is 0.134 e. The lowest BCUT2D eigenvalue weighted by atomic mass is 9.91. The fourth-order valence-electron chi connectivity index (χ4n) is 4.60. The van der Waals surface area contributed by atoms with E-state index in [1.807, 2.05) is 24.3 Å². The zero-order valence-electron chi connectivity index (χ0n) is 15.3. The van der Waals surface area contributed by atoms with Gasteiger partial charge in [0.25, 0.3) is 0 Å². The van der Waals surface area contributed by atoms with Crippen molar-refractivity contribution in [3.05, 3.63) is 94.5 Å². The first-order valence-corrected chi connectivity index (χ1v) is 10.3. The number of ether oxygens (including phenoxy) is 1. The summed E-state index contributed by atoms with van der Waals surface area (Å²) in [7, 11) is 0. The Morgan fingerprint density at radius 2 is 1.83 bits per heavy atom. The molecule has 3 aromatic carbocycles. The molecule has 29 heavy (non-hydrogen) atoms. The number of benzene rings is 3. The van der Waals surface area contributed by atoms with Crippen molar-refractivity contribution < 1.29 is 4.74 Å². The molecule has 4 aromatic rings. The summed E-state index contributed by atoms with van der Waals surface area (Å²) >= 11 is 3.48. The lowest BCUT2D eigenvalue weighted by Crippen LogP contribution is -2.15. The van der Waals surface area contributed by atoms with Crippen molar-refractivity contribution in [2.75, 3.05) is 0 Å². The molecule has 2 heterocycles. The second-order valence-corrected chi connectivity index (χ2v) is 8.30. The molecular weight excluding hydrogens is 424 g/mol. The number of nitriles is 1. The second kappa shape index (κ2) is 6.10. The van der Waals surface area contributed by atoms with E-state index < -0.39 is 0 Å². The molecule has 6 rings (SSSR count). The van der Waals surface area contributed by atoms with Crippen LogP contribution in [0.3, 0.4) is 0 Å². The van der Waals surface area contributed by atoms with Crippen molar-refractivity contribution in [3.63, 3.8) is 0 Å². The highest BCUT2D eigenvalue weighted by atomic mass is 79.9. The molecule has 138 valence electrons. The Morgan fingerprint density at radius 3 is 2.72 bits per heavy atom. The maximum absolute atomic E-state index is 9.76. The SMILES string of the molecule is N#Cc1cc(Br)ccc1-n1c2ccccc2c2c3c(ccc21)C1C=CC=CC1O3. The fraction of sp³-hybridized carbons (Fsp3) is 0.0800. The molecule has 0 fully saturated rings. The summed E-state index contributed by atoms with van der Waals surface area (Å²) in [6.07, 6.45) is 8.52. The van der Waals surface area contributed by atoms with Crippen LogP contribution < -0.4 is 4.74 Å². The van der Waals surface area contributed by atoms with E-state index in [0.29, 0.717) is 5.56 Å². The number of allylic oxidation sites excluding steroid dienone is 2. The first-order chi connectivity index (χ1) is 14.3. The minimum atomic E-state index is 0.0464. The predicted molar refractivity (Wildman–Crippen MR) is 119 cm³/mol. The van der Waals surface area contributed by atoms with Crippen molar-refractivity contribution in [2.45, 2.75) is 12.0 Å². The molecule has 0 spiro atoms. The van der Waals surface area contributed by atoms with Crippen LogP contribution in [0.1, 0.15) is 17.0 Å². The molecule has 1 aromatic heterocycles. The van der Waals surface area contributed by atoms with Crippen molar-refractivity contribution >= 4 is 37.7 Å². The van der Waals surface area contributed by atoms with Crippen molar-refractivity contribution in [1.29, 1.82) is 5.26 Å². The van der Waals surface area contributed by atoms with Crippen LogP contribution in [0, 0.1) is 11.3 Å². The molecule has 2 aliphatic rings. The Bertz CT molecular complexity index is 1420. The van der Waals surface area contributed by atoms with Crippen LogP contribution in [0.25, 0.3) is 27.5 Å². The Kier molecular flexibility index (Phi) is 3.50. The van der Waals surface area contributed by atoms with Crippen LogP contribution in [-0.2, 0) is 0 Å². The third kappa shape index (κ3) is 2.28.